The van der Waals surface area contributed by atoms with E-state index in [-0.39, 0.29) is 17.2 Å². The third kappa shape index (κ3) is 5.73. The predicted molar refractivity (Wildman–Crippen MR) is 108 cm³/mol. The maximum Gasteiger partial charge on any atom is 0.251 e. The molecule has 0 saturated heterocycles. The number of carbonyl (C=O) groups excluding carboxylic acids is 1. The highest BCUT2D eigenvalue weighted by Gasteiger charge is 2.13. The number of aryl methyl sites for hydroxylation is 2. The van der Waals surface area contributed by atoms with E-state index in [0.717, 1.165) is 41.8 Å². The van der Waals surface area contributed by atoms with Gasteiger partial charge in [-0.25, -0.2) is 4.98 Å². The van der Waals surface area contributed by atoms with Gasteiger partial charge in [0, 0.05) is 17.4 Å². The van der Waals surface area contributed by atoms with Crippen LogP contribution in [0.2, 0.25) is 0 Å². The summed E-state index contributed by atoms with van der Waals surface area (Å²) < 4.78 is 0. The summed E-state index contributed by atoms with van der Waals surface area (Å²) in [5.74, 6) is 0.422. The highest BCUT2D eigenvalue weighted by molar-refractivity contribution is 7.99. The number of rotatable bonds is 8. The van der Waals surface area contributed by atoms with E-state index in [1.54, 1.807) is 0 Å². The number of hydrogen-bond acceptors (Lipinski definition) is 4. The maximum absolute atomic E-state index is 12.4. The monoisotopic (exact) mass is 373 g/mol. The van der Waals surface area contributed by atoms with E-state index in [4.69, 9.17) is 0 Å². The zero-order valence-corrected chi connectivity index (χ0v) is 16.7. The molecule has 0 bridgehead atoms. The molecule has 26 heavy (non-hydrogen) atoms. The first-order valence-corrected chi connectivity index (χ1v) is 10.0. The number of anilines is 1. The van der Waals surface area contributed by atoms with E-state index >= 15 is 0 Å². The van der Waals surface area contributed by atoms with Gasteiger partial charge >= 0.3 is 0 Å². The van der Waals surface area contributed by atoms with Crippen molar-refractivity contribution in [3.63, 3.8) is 0 Å². The first-order chi connectivity index (χ1) is 12.4. The smallest absolute Gasteiger partial charge is 0.251 e. The Morgan fingerprint density at radius 2 is 2.12 bits per heavy atom. The van der Waals surface area contributed by atoms with Crippen LogP contribution in [0.4, 0.5) is 5.69 Å². The molecule has 2 N–H and O–H groups in total. The second kappa shape index (κ2) is 9.57. The van der Waals surface area contributed by atoms with Crippen LogP contribution in [-0.4, -0.2) is 21.6 Å². The fraction of sp³-hybridized carbons (Fsp3) is 0.450. The Kier molecular flexibility index (Phi) is 7.45. The van der Waals surface area contributed by atoms with Crippen LogP contribution in [0.1, 0.15) is 56.4 Å². The van der Waals surface area contributed by atoms with Crippen LogP contribution in [0.3, 0.4) is 0 Å². The average Bonchev–Trinajstić information content (AvgIpc) is 2.59. The first kappa shape index (κ1) is 20.2. The molecule has 2 rings (SSSR count). The van der Waals surface area contributed by atoms with Crippen LogP contribution < -0.4 is 10.9 Å². The average molecular weight is 374 g/mol. The third-order valence-corrected chi connectivity index (χ3v) is 4.96. The van der Waals surface area contributed by atoms with Gasteiger partial charge in [-0.3, -0.25) is 9.59 Å². The lowest BCUT2D eigenvalue weighted by molar-refractivity contribution is -0.113. The molecular formula is C20H27N3O2S. The lowest BCUT2D eigenvalue weighted by Crippen LogP contribution is -2.17. The molecule has 0 saturated carbocycles. The molecule has 0 unspecified atom stereocenters. The van der Waals surface area contributed by atoms with Crippen molar-refractivity contribution >= 4 is 23.4 Å². The van der Waals surface area contributed by atoms with E-state index in [9.17, 15) is 9.59 Å². The molecule has 0 aliphatic rings. The number of thioether (sulfide) groups is 1. The van der Waals surface area contributed by atoms with Gasteiger partial charge in [-0.05, 0) is 36.8 Å². The Morgan fingerprint density at radius 3 is 2.81 bits per heavy atom. The summed E-state index contributed by atoms with van der Waals surface area (Å²) in [4.78, 5) is 31.3. The highest BCUT2D eigenvalue weighted by Crippen LogP contribution is 2.27. The second-order valence-electron chi connectivity index (χ2n) is 6.68. The largest absolute Gasteiger partial charge is 0.325 e. The van der Waals surface area contributed by atoms with E-state index in [1.807, 2.05) is 25.1 Å². The molecule has 1 amide bonds. The molecule has 1 heterocycles. The van der Waals surface area contributed by atoms with Gasteiger partial charge in [0.1, 0.15) is 0 Å². The number of carbonyl (C=O) groups is 1. The lowest BCUT2D eigenvalue weighted by atomic mass is 9.98. The minimum Gasteiger partial charge on any atom is -0.325 e. The van der Waals surface area contributed by atoms with Crippen molar-refractivity contribution in [2.75, 3.05) is 11.1 Å². The number of nitrogens with zero attached hydrogens (tertiary/aromatic N) is 1. The Morgan fingerprint density at radius 1 is 1.35 bits per heavy atom. The Hall–Kier alpha value is -2.08. The van der Waals surface area contributed by atoms with E-state index in [2.05, 4.69) is 36.1 Å². The van der Waals surface area contributed by atoms with Crippen LogP contribution in [-0.2, 0) is 11.2 Å². The number of unbranched alkanes of at least 4 members (excludes halogenated alkanes) is 1. The molecule has 2 aromatic rings. The molecule has 6 heteroatoms. The zero-order chi connectivity index (χ0) is 19.1. The molecule has 0 atom stereocenters. The number of hydrogen-bond donors (Lipinski definition) is 2. The van der Waals surface area contributed by atoms with Gasteiger partial charge in [-0.2, -0.15) is 0 Å². The van der Waals surface area contributed by atoms with Crippen molar-refractivity contribution in [2.24, 2.45) is 0 Å². The molecule has 1 aromatic carbocycles. The van der Waals surface area contributed by atoms with Crippen LogP contribution in [0.15, 0.2) is 34.2 Å². The van der Waals surface area contributed by atoms with Crippen molar-refractivity contribution < 1.29 is 4.79 Å². The van der Waals surface area contributed by atoms with Crippen molar-refractivity contribution in [3.05, 3.63) is 51.4 Å². The summed E-state index contributed by atoms with van der Waals surface area (Å²) in [6.07, 6.45) is 2.82. The quantitative estimate of drug-likeness (QED) is 0.535. The third-order valence-electron chi connectivity index (χ3n) is 4.09. The van der Waals surface area contributed by atoms with Gasteiger partial charge < -0.3 is 10.3 Å². The number of aromatic amines is 1. The normalized spacial score (nSPS) is 11.0. The number of para-hydroxylation sites is 1. The number of amides is 1. The van der Waals surface area contributed by atoms with Gasteiger partial charge in [-0.15, -0.1) is 0 Å². The molecule has 0 aliphatic carbocycles. The topological polar surface area (TPSA) is 74.8 Å². The van der Waals surface area contributed by atoms with E-state index in [1.165, 1.54) is 17.8 Å². The van der Waals surface area contributed by atoms with Gasteiger partial charge in [0.05, 0.1) is 5.75 Å². The van der Waals surface area contributed by atoms with E-state index < -0.39 is 0 Å². The molecule has 0 spiro atoms. The Bertz CT molecular complexity index is 815. The van der Waals surface area contributed by atoms with Gasteiger partial charge in [-0.1, -0.05) is 57.2 Å². The molecule has 140 valence electrons. The van der Waals surface area contributed by atoms with Gasteiger partial charge in [0.2, 0.25) is 5.91 Å². The zero-order valence-electron chi connectivity index (χ0n) is 15.9. The summed E-state index contributed by atoms with van der Waals surface area (Å²) in [7, 11) is 0. The van der Waals surface area contributed by atoms with Gasteiger partial charge in [0.15, 0.2) is 5.16 Å². The van der Waals surface area contributed by atoms with Crippen molar-refractivity contribution in [3.8, 4) is 0 Å². The SMILES string of the molecule is CCCCc1cc(=O)[nH]c(SCC(=O)Nc2c(C)cccc2C(C)C)n1. The fourth-order valence-electron chi connectivity index (χ4n) is 2.69. The van der Waals surface area contributed by atoms with Crippen molar-refractivity contribution in [1.29, 1.82) is 0 Å². The van der Waals surface area contributed by atoms with Crippen LogP contribution >= 0.6 is 11.8 Å². The number of aromatic nitrogens is 2. The van der Waals surface area contributed by atoms with E-state index in [0.29, 0.717) is 11.1 Å². The minimum absolute atomic E-state index is 0.104. The summed E-state index contributed by atoms with van der Waals surface area (Å²) in [6.45, 7) is 8.31. The highest BCUT2D eigenvalue weighted by atomic mass is 32.2. The second-order valence-corrected chi connectivity index (χ2v) is 7.64. The Labute approximate surface area is 159 Å². The summed E-state index contributed by atoms with van der Waals surface area (Å²) in [6, 6.07) is 7.56. The fourth-order valence-corrected chi connectivity index (χ4v) is 3.38. The summed E-state index contributed by atoms with van der Waals surface area (Å²) in [5, 5.41) is 3.51. The van der Waals surface area contributed by atoms with Crippen LogP contribution in [0, 0.1) is 6.92 Å². The number of H-pyrrole nitrogens is 1. The summed E-state index contributed by atoms with van der Waals surface area (Å²) in [5.41, 5.74) is 3.65. The first-order valence-electron chi connectivity index (χ1n) is 9.03. The standard InChI is InChI=1S/C20H27N3O2S/c1-5-6-9-15-11-17(24)23-20(21-15)26-12-18(25)22-19-14(4)8-7-10-16(19)13(2)3/h7-8,10-11,13H,5-6,9,12H2,1-4H3,(H,22,25)(H,21,23,24). The van der Waals surface area contributed by atoms with Crippen molar-refractivity contribution in [2.45, 2.75) is 58.0 Å². The minimum atomic E-state index is -0.171. The predicted octanol–water partition coefficient (Wildman–Crippen LogP) is 4.28. The molecule has 0 radical (unpaired) electrons. The van der Waals surface area contributed by atoms with Gasteiger partial charge in [0.25, 0.3) is 5.56 Å². The molecule has 1 aromatic heterocycles. The molecule has 5 nitrogen and oxygen atoms in total. The van der Waals surface area contributed by atoms with Crippen molar-refractivity contribution in [1.82, 2.24) is 9.97 Å². The molecular weight excluding hydrogens is 346 g/mol. The number of benzene rings is 1. The van der Waals surface area contributed by atoms with Crippen LogP contribution in [0.25, 0.3) is 0 Å². The Balaban J connectivity index is 2.04. The lowest BCUT2D eigenvalue weighted by Gasteiger charge is -2.16. The number of nitrogens with one attached hydrogen (secondary N) is 2. The van der Waals surface area contributed by atoms with Crippen LogP contribution in [0.5, 0.6) is 0 Å². The maximum atomic E-state index is 12.4. The molecule has 0 fully saturated rings. The summed E-state index contributed by atoms with van der Waals surface area (Å²) >= 11 is 1.25. The molecule has 0 aliphatic heterocycles.